The van der Waals surface area contributed by atoms with Gasteiger partial charge in [-0.05, 0) is 70.0 Å². The molecule has 39 heavy (non-hydrogen) atoms. The highest BCUT2D eigenvalue weighted by atomic mass is 16.2. The summed E-state index contributed by atoms with van der Waals surface area (Å²) < 4.78 is 0. The summed E-state index contributed by atoms with van der Waals surface area (Å²) in [6.07, 6.45) is 3.86. The lowest BCUT2D eigenvalue weighted by Crippen LogP contribution is -2.38. The fourth-order valence-corrected chi connectivity index (χ4v) is 5.79. The number of aryl methyl sites for hydroxylation is 2. The fourth-order valence-electron chi connectivity index (χ4n) is 5.79. The maximum absolute atomic E-state index is 13.4. The van der Waals surface area contributed by atoms with Crippen LogP contribution in [-0.2, 0) is 13.1 Å². The van der Waals surface area contributed by atoms with Crippen LogP contribution in [0.5, 0.6) is 0 Å². The number of allylic oxidation sites excluding steroid dienone is 1. The minimum atomic E-state index is 0.0181. The number of likely N-dealkylation sites (tertiary alicyclic amines) is 1. The first-order valence-corrected chi connectivity index (χ1v) is 14.1. The second kappa shape index (κ2) is 13.3. The summed E-state index contributed by atoms with van der Waals surface area (Å²) in [7, 11) is 0. The number of rotatable bonds is 9. The lowest BCUT2D eigenvalue weighted by atomic mass is 10.1. The first-order valence-electron chi connectivity index (χ1n) is 14.1. The Labute approximate surface area is 233 Å². The molecule has 2 aromatic rings. The summed E-state index contributed by atoms with van der Waals surface area (Å²) in [5.74, 6) is 0.696. The SMILES string of the molecule is [C-]#[N+]/C(C#N)=C1/N(CCN(CC)C(=O)c2ccc(CN3CCCCC3)cc2)CCN1Cc1cc(C)cc(C)c1. The van der Waals surface area contributed by atoms with Gasteiger partial charge in [0.15, 0.2) is 0 Å². The van der Waals surface area contributed by atoms with Crippen molar-refractivity contribution in [2.24, 2.45) is 0 Å². The Kier molecular flexibility index (Phi) is 9.63. The van der Waals surface area contributed by atoms with Gasteiger partial charge < -0.3 is 14.7 Å². The van der Waals surface area contributed by atoms with Crippen molar-refractivity contribution in [1.29, 1.82) is 5.26 Å². The molecule has 2 heterocycles. The van der Waals surface area contributed by atoms with Crippen molar-refractivity contribution in [2.45, 2.75) is 53.1 Å². The van der Waals surface area contributed by atoms with Crippen LogP contribution in [0.25, 0.3) is 4.85 Å². The summed E-state index contributed by atoms with van der Waals surface area (Å²) in [5, 5.41) is 9.72. The second-order valence-corrected chi connectivity index (χ2v) is 10.7. The Balaban J connectivity index is 1.41. The highest BCUT2D eigenvalue weighted by Crippen LogP contribution is 2.26. The molecule has 2 aromatic carbocycles. The molecule has 0 spiro atoms. The molecule has 2 aliphatic heterocycles. The molecule has 0 unspecified atom stereocenters. The monoisotopic (exact) mass is 524 g/mol. The summed E-state index contributed by atoms with van der Waals surface area (Å²) in [6.45, 7) is 20.8. The maximum Gasteiger partial charge on any atom is 0.300 e. The van der Waals surface area contributed by atoms with Gasteiger partial charge in [0.25, 0.3) is 5.91 Å². The lowest BCUT2D eigenvalue weighted by Gasteiger charge is -2.29. The Morgan fingerprint density at radius 3 is 2.23 bits per heavy atom. The number of benzene rings is 2. The zero-order valence-electron chi connectivity index (χ0n) is 23.6. The summed E-state index contributed by atoms with van der Waals surface area (Å²) in [5.41, 5.74) is 5.63. The lowest BCUT2D eigenvalue weighted by molar-refractivity contribution is 0.0752. The van der Waals surface area contributed by atoms with Crippen LogP contribution >= 0.6 is 0 Å². The van der Waals surface area contributed by atoms with Crippen molar-refractivity contribution in [1.82, 2.24) is 19.6 Å². The molecule has 204 valence electrons. The van der Waals surface area contributed by atoms with Gasteiger partial charge in [0.1, 0.15) is 5.82 Å². The van der Waals surface area contributed by atoms with Crippen molar-refractivity contribution in [2.75, 3.05) is 45.8 Å². The van der Waals surface area contributed by atoms with Gasteiger partial charge in [-0.1, -0.05) is 47.9 Å². The smallest absolute Gasteiger partial charge is 0.300 e. The second-order valence-electron chi connectivity index (χ2n) is 10.7. The van der Waals surface area contributed by atoms with Crippen molar-refractivity contribution in [3.05, 3.63) is 93.2 Å². The number of likely N-dealkylation sites (N-methyl/N-ethyl adjacent to an activating group) is 1. The van der Waals surface area contributed by atoms with Gasteiger partial charge in [0.2, 0.25) is 0 Å². The molecule has 1 amide bonds. The highest BCUT2D eigenvalue weighted by molar-refractivity contribution is 5.94. The van der Waals surface area contributed by atoms with Crippen molar-refractivity contribution in [3.8, 4) is 6.07 Å². The average molecular weight is 525 g/mol. The third-order valence-corrected chi connectivity index (χ3v) is 7.69. The number of carbonyl (C=O) groups excluding carboxylic acids is 1. The Bertz CT molecular complexity index is 1230. The standard InChI is InChI=1S/C32H40N6O/c1-5-36(32(39)29-11-9-27(10-12-29)23-35-13-7-6-8-14-35)15-16-37-17-18-38(31(37)30(22-33)34-4)24-28-20-25(2)19-26(3)21-28/h9-12,19-21H,5-8,13-18,23-24H2,1-3H3/b31-30-. The molecule has 2 aliphatic rings. The maximum atomic E-state index is 13.4. The van der Waals surface area contributed by atoms with Gasteiger partial charge in [-0.25, -0.2) is 10.1 Å². The number of amides is 1. The number of nitriles is 1. The van der Waals surface area contributed by atoms with Gasteiger partial charge >= 0.3 is 5.70 Å². The summed E-state index contributed by atoms with van der Waals surface area (Å²) in [4.78, 5) is 25.5. The van der Waals surface area contributed by atoms with Crippen LogP contribution in [0.3, 0.4) is 0 Å². The van der Waals surface area contributed by atoms with E-state index in [1.54, 1.807) is 0 Å². The first kappa shape index (κ1) is 28.2. The molecule has 0 aliphatic carbocycles. The Hall–Kier alpha value is -3.81. The number of hydrogen-bond donors (Lipinski definition) is 0. The van der Waals surface area contributed by atoms with Crippen LogP contribution in [0.2, 0.25) is 0 Å². The van der Waals surface area contributed by atoms with Crippen molar-refractivity contribution < 1.29 is 4.79 Å². The molecule has 0 radical (unpaired) electrons. The average Bonchev–Trinajstić information content (AvgIpc) is 3.32. The fraction of sp³-hybridized carbons (Fsp3) is 0.469. The van der Waals surface area contributed by atoms with E-state index in [0.29, 0.717) is 37.6 Å². The van der Waals surface area contributed by atoms with E-state index in [-0.39, 0.29) is 11.6 Å². The van der Waals surface area contributed by atoms with Crippen molar-refractivity contribution >= 4 is 5.91 Å². The molecule has 0 bridgehead atoms. The summed E-state index contributed by atoms with van der Waals surface area (Å²) >= 11 is 0. The molecule has 2 fully saturated rings. The minimum Gasteiger partial charge on any atom is -0.363 e. The van der Waals surface area contributed by atoms with E-state index >= 15 is 0 Å². The molecule has 7 nitrogen and oxygen atoms in total. The predicted molar refractivity (Wildman–Crippen MR) is 154 cm³/mol. The van der Waals surface area contributed by atoms with Crippen LogP contribution in [0.4, 0.5) is 0 Å². The highest BCUT2D eigenvalue weighted by Gasteiger charge is 2.29. The number of nitrogens with zero attached hydrogens (tertiary/aromatic N) is 6. The number of carbonyl (C=O) groups is 1. The molecule has 0 N–H and O–H groups in total. The topological polar surface area (TPSA) is 58.2 Å². The zero-order chi connectivity index (χ0) is 27.8. The van der Waals surface area contributed by atoms with E-state index in [4.69, 9.17) is 6.57 Å². The van der Waals surface area contributed by atoms with Crippen LogP contribution in [-0.4, -0.2) is 71.3 Å². The molecule has 4 rings (SSSR count). The third kappa shape index (κ3) is 7.19. The molecule has 0 aromatic heterocycles. The normalized spacial score (nSPS) is 17.1. The largest absolute Gasteiger partial charge is 0.363 e. The van der Waals surface area contributed by atoms with Crippen LogP contribution in [0.15, 0.2) is 54.0 Å². The number of piperidine rings is 1. The van der Waals surface area contributed by atoms with Gasteiger partial charge in [-0.2, -0.15) is 0 Å². The van der Waals surface area contributed by atoms with Crippen molar-refractivity contribution in [3.63, 3.8) is 0 Å². The number of hydrogen-bond acceptors (Lipinski definition) is 5. The van der Waals surface area contributed by atoms with E-state index in [0.717, 1.165) is 32.7 Å². The first-order chi connectivity index (χ1) is 18.9. The van der Waals surface area contributed by atoms with E-state index in [1.807, 2.05) is 24.0 Å². The van der Waals surface area contributed by atoms with E-state index < -0.39 is 0 Å². The molecular weight excluding hydrogens is 484 g/mol. The van der Waals surface area contributed by atoms with Gasteiger partial charge in [-0.3, -0.25) is 9.69 Å². The van der Waals surface area contributed by atoms with Gasteiger partial charge in [-0.15, -0.1) is 0 Å². The third-order valence-electron chi connectivity index (χ3n) is 7.69. The predicted octanol–water partition coefficient (Wildman–Crippen LogP) is 5.18. The van der Waals surface area contributed by atoms with Crippen LogP contribution in [0.1, 0.15) is 58.8 Å². The Morgan fingerprint density at radius 1 is 0.949 bits per heavy atom. The molecule has 7 heteroatoms. The quantitative estimate of drug-likeness (QED) is 0.334. The molecular formula is C32H40N6O. The minimum absolute atomic E-state index is 0.0181. The Morgan fingerprint density at radius 2 is 1.62 bits per heavy atom. The van der Waals surface area contributed by atoms with E-state index in [2.05, 4.69) is 69.8 Å². The van der Waals surface area contributed by atoms with Crippen LogP contribution in [0, 0.1) is 31.8 Å². The summed E-state index contributed by atoms with van der Waals surface area (Å²) in [6, 6.07) is 16.6. The van der Waals surface area contributed by atoms with Gasteiger partial charge in [0, 0.05) is 51.4 Å². The van der Waals surface area contributed by atoms with Crippen LogP contribution < -0.4 is 0 Å². The molecule has 0 saturated carbocycles. The molecule has 0 atom stereocenters. The van der Waals surface area contributed by atoms with E-state index in [1.165, 1.54) is 41.5 Å². The zero-order valence-corrected chi connectivity index (χ0v) is 23.6. The van der Waals surface area contributed by atoms with E-state index in [9.17, 15) is 10.1 Å². The van der Waals surface area contributed by atoms with Gasteiger partial charge in [0.05, 0.1) is 12.6 Å². The molecule has 2 saturated heterocycles.